The van der Waals surface area contributed by atoms with Gasteiger partial charge in [0, 0.05) is 13.0 Å². The molecule has 9 nitrogen and oxygen atoms in total. The molecule has 1 unspecified atom stereocenters. The van der Waals surface area contributed by atoms with E-state index in [1.807, 2.05) is 0 Å². The van der Waals surface area contributed by atoms with Crippen LogP contribution in [0.3, 0.4) is 0 Å². The first-order valence-corrected chi connectivity index (χ1v) is 20.7. The summed E-state index contributed by atoms with van der Waals surface area (Å²) >= 11 is 0. The Morgan fingerprint density at radius 1 is 0.740 bits per heavy atom. The Balaban J connectivity index is 2.36. The molecule has 290 valence electrons. The number of nitrogens with zero attached hydrogens (tertiary/aromatic N) is 1. The van der Waals surface area contributed by atoms with Gasteiger partial charge in [-0.1, -0.05) is 154 Å². The van der Waals surface area contributed by atoms with Crippen LogP contribution in [-0.2, 0) is 9.59 Å². The zero-order valence-electron chi connectivity index (χ0n) is 32.2. The Morgan fingerprint density at radius 3 is 1.72 bits per heavy atom. The average molecular weight is 704 g/mol. The summed E-state index contributed by atoms with van der Waals surface area (Å²) in [5.41, 5.74) is 6.52. The van der Waals surface area contributed by atoms with Crippen LogP contribution in [0.1, 0.15) is 199 Å². The van der Waals surface area contributed by atoms with E-state index in [1.165, 1.54) is 122 Å². The largest absolute Gasteiger partial charge is 0.390 e. The number of unbranched alkanes of at least 4 members (excludes halogenated alkanes) is 22. The second kappa shape index (κ2) is 32.7. The highest BCUT2D eigenvalue weighted by Crippen LogP contribution is 2.16. The van der Waals surface area contributed by atoms with E-state index in [0.717, 1.165) is 51.4 Å². The number of imidazole rings is 1. The van der Waals surface area contributed by atoms with Crippen molar-refractivity contribution >= 4 is 11.8 Å². The normalized spacial score (nSPS) is 14.1. The maximum Gasteiger partial charge on any atom is 0.243 e. The van der Waals surface area contributed by atoms with Gasteiger partial charge in [-0.25, -0.2) is 4.98 Å². The van der Waals surface area contributed by atoms with E-state index in [0.29, 0.717) is 18.5 Å². The molecule has 0 saturated carbocycles. The van der Waals surface area contributed by atoms with Gasteiger partial charge in [0.2, 0.25) is 11.8 Å². The van der Waals surface area contributed by atoms with Crippen LogP contribution in [-0.4, -0.2) is 56.8 Å². The topological polar surface area (TPSA) is 153 Å². The fourth-order valence-corrected chi connectivity index (χ4v) is 6.42. The second-order valence-corrected chi connectivity index (χ2v) is 14.5. The standard InChI is InChI=1S/C41H77N5O4/c1-3-5-7-9-11-13-15-17-18-19-21-23-25-27-29-31-38(48)46-36(33-44-41(50)39(42)35-32-43-34-45-35)40(49)37(47)30-28-26-24-22-20-16-14-12-10-8-6-4-2/h17-18,32,34,36-37,39-40,47,49H,3-16,19-31,33,42H2,1-2H3,(H,43,45)(H,44,50)(H,46,48)/b18-17-/t36-,37+,39?,40-/m0/s1. The number of aromatic nitrogens is 2. The van der Waals surface area contributed by atoms with E-state index >= 15 is 0 Å². The summed E-state index contributed by atoms with van der Waals surface area (Å²) in [6, 6.07) is -1.77. The summed E-state index contributed by atoms with van der Waals surface area (Å²) in [4.78, 5) is 32.3. The molecular formula is C41H77N5O4. The third-order valence-electron chi connectivity index (χ3n) is 9.81. The van der Waals surface area contributed by atoms with Gasteiger partial charge in [0.15, 0.2) is 0 Å². The highest BCUT2D eigenvalue weighted by molar-refractivity contribution is 5.82. The third-order valence-corrected chi connectivity index (χ3v) is 9.81. The van der Waals surface area contributed by atoms with Crippen molar-refractivity contribution < 1.29 is 19.8 Å². The van der Waals surface area contributed by atoms with Crippen LogP contribution in [0.15, 0.2) is 24.7 Å². The van der Waals surface area contributed by atoms with Gasteiger partial charge in [0.25, 0.3) is 0 Å². The first-order chi connectivity index (χ1) is 24.4. The highest BCUT2D eigenvalue weighted by Gasteiger charge is 2.29. The summed E-state index contributed by atoms with van der Waals surface area (Å²) in [7, 11) is 0. The van der Waals surface area contributed by atoms with Gasteiger partial charge < -0.3 is 31.6 Å². The Kier molecular flexibility index (Phi) is 29.9. The van der Waals surface area contributed by atoms with Gasteiger partial charge in [0.05, 0.1) is 30.4 Å². The fraction of sp³-hybridized carbons (Fsp3) is 0.829. The van der Waals surface area contributed by atoms with Crippen molar-refractivity contribution in [3.63, 3.8) is 0 Å². The monoisotopic (exact) mass is 704 g/mol. The van der Waals surface area contributed by atoms with E-state index in [1.54, 1.807) is 0 Å². The van der Waals surface area contributed by atoms with Gasteiger partial charge >= 0.3 is 0 Å². The Bertz CT molecular complexity index is 941. The summed E-state index contributed by atoms with van der Waals surface area (Å²) in [6.07, 6.45) is 36.4. The van der Waals surface area contributed by atoms with Crippen molar-refractivity contribution in [2.75, 3.05) is 6.54 Å². The lowest BCUT2D eigenvalue weighted by atomic mass is 9.98. The van der Waals surface area contributed by atoms with Crippen LogP contribution in [0, 0.1) is 0 Å². The molecular weight excluding hydrogens is 626 g/mol. The number of aliphatic hydroxyl groups is 2. The van der Waals surface area contributed by atoms with E-state index in [2.05, 4.69) is 46.6 Å². The number of hydrogen-bond acceptors (Lipinski definition) is 6. The van der Waals surface area contributed by atoms with Gasteiger partial charge in [-0.05, 0) is 38.5 Å². The molecule has 0 aliphatic carbocycles. The zero-order chi connectivity index (χ0) is 36.5. The zero-order valence-corrected chi connectivity index (χ0v) is 32.2. The molecule has 50 heavy (non-hydrogen) atoms. The summed E-state index contributed by atoms with van der Waals surface area (Å²) in [5, 5.41) is 27.6. The summed E-state index contributed by atoms with van der Waals surface area (Å²) in [6.45, 7) is 4.47. The van der Waals surface area contributed by atoms with Crippen LogP contribution in [0.2, 0.25) is 0 Å². The minimum absolute atomic E-state index is 0.0323. The minimum atomic E-state index is -1.20. The lowest BCUT2D eigenvalue weighted by molar-refractivity contribution is -0.126. The van der Waals surface area contributed by atoms with Gasteiger partial charge in [-0.3, -0.25) is 9.59 Å². The SMILES string of the molecule is CCCCCCCC/C=C\CCCCCCCC(=O)N[C@@H](CNC(=O)C(N)c1cnc[nH]1)[C@H](O)[C@H](O)CCCCCCCCCCCCCC. The van der Waals surface area contributed by atoms with Crippen molar-refractivity contribution in [2.45, 2.75) is 212 Å². The number of aromatic amines is 1. The number of aliphatic hydroxyl groups excluding tert-OH is 2. The van der Waals surface area contributed by atoms with Crippen molar-refractivity contribution in [2.24, 2.45) is 5.73 Å². The van der Waals surface area contributed by atoms with E-state index in [4.69, 9.17) is 5.73 Å². The molecule has 7 N–H and O–H groups in total. The number of carbonyl (C=O) groups excluding carboxylic acids is 2. The number of H-pyrrole nitrogens is 1. The predicted octanol–water partition coefficient (Wildman–Crippen LogP) is 8.86. The van der Waals surface area contributed by atoms with Crippen molar-refractivity contribution in [3.8, 4) is 0 Å². The van der Waals surface area contributed by atoms with Crippen molar-refractivity contribution in [1.29, 1.82) is 0 Å². The average Bonchev–Trinajstić information content (AvgIpc) is 3.66. The smallest absolute Gasteiger partial charge is 0.243 e. The highest BCUT2D eigenvalue weighted by atomic mass is 16.3. The first-order valence-electron chi connectivity index (χ1n) is 20.7. The third kappa shape index (κ3) is 24.8. The molecule has 0 saturated heterocycles. The molecule has 1 heterocycles. The van der Waals surface area contributed by atoms with E-state index in [9.17, 15) is 19.8 Å². The number of nitrogens with two attached hydrogens (primary N) is 1. The lowest BCUT2D eigenvalue weighted by Gasteiger charge is -2.28. The molecule has 9 heteroatoms. The molecule has 0 fully saturated rings. The molecule has 1 rings (SSSR count). The number of rotatable bonds is 35. The molecule has 2 amide bonds. The molecule has 0 bridgehead atoms. The van der Waals surface area contributed by atoms with Gasteiger partial charge in [0.1, 0.15) is 12.1 Å². The molecule has 0 aliphatic rings. The Labute approximate surface area is 305 Å². The molecule has 4 atom stereocenters. The van der Waals surface area contributed by atoms with Gasteiger partial charge in [-0.15, -0.1) is 0 Å². The molecule has 0 aliphatic heterocycles. The van der Waals surface area contributed by atoms with Crippen molar-refractivity contribution in [3.05, 3.63) is 30.4 Å². The van der Waals surface area contributed by atoms with E-state index < -0.39 is 30.2 Å². The Morgan fingerprint density at radius 2 is 1.22 bits per heavy atom. The van der Waals surface area contributed by atoms with Gasteiger partial charge in [-0.2, -0.15) is 0 Å². The number of hydrogen-bond donors (Lipinski definition) is 6. The molecule has 0 spiro atoms. The molecule has 0 radical (unpaired) electrons. The summed E-state index contributed by atoms with van der Waals surface area (Å²) in [5.74, 6) is -0.634. The Hall–Kier alpha value is -2.23. The maximum absolute atomic E-state index is 12.9. The summed E-state index contributed by atoms with van der Waals surface area (Å²) < 4.78 is 0. The van der Waals surface area contributed by atoms with Crippen LogP contribution in [0.5, 0.6) is 0 Å². The van der Waals surface area contributed by atoms with Crippen LogP contribution in [0.25, 0.3) is 0 Å². The van der Waals surface area contributed by atoms with Crippen LogP contribution < -0.4 is 16.4 Å². The predicted molar refractivity (Wildman–Crippen MR) is 208 cm³/mol. The molecule has 1 aromatic heterocycles. The van der Waals surface area contributed by atoms with Crippen LogP contribution >= 0.6 is 0 Å². The number of carbonyl (C=O) groups is 2. The van der Waals surface area contributed by atoms with Crippen LogP contribution in [0.4, 0.5) is 0 Å². The number of amides is 2. The fourth-order valence-electron chi connectivity index (χ4n) is 6.42. The lowest BCUT2D eigenvalue weighted by Crippen LogP contribution is -2.54. The number of allylic oxidation sites excluding steroid dienone is 2. The van der Waals surface area contributed by atoms with E-state index in [-0.39, 0.29) is 12.5 Å². The second-order valence-electron chi connectivity index (χ2n) is 14.5. The number of nitrogens with one attached hydrogen (secondary N) is 3. The van der Waals surface area contributed by atoms with Crippen molar-refractivity contribution in [1.82, 2.24) is 20.6 Å². The minimum Gasteiger partial charge on any atom is -0.390 e. The quantitative estimate of drug-likeness (QED) is 0.0307. The first kappa shape index (κ1) is 45.8. The molecule has 0 aromatic carbocycles. The maximum atomic E-state index is 12.9. The molecule has 1 aromatic rings.